The number of benzene rings is 1. The summed E-state index contributed by atoms with van der Waals surface area (Å²) in [4.78, 5) is 15.9. The average molecular weight is 227 g/mol. The zero-order chi connectivity index (χ0) is 12.1. The van der Waals surface area contributed by atoms with Gasteiger partial charge in [-0.25, -0.2) is 0 Å². The molecule has 0 unspecified atom stereocenters. The molecule has 0 aliphatic rings. The summed E-state index contributed by atoms with van der Waals surface area (Å²) in [6.07, 6.45) is 4.86. The zero-order valence-corrected chi connectivity index (χ0v) is 10.1. The molecule has 0 saturated carbocycles. The summed E-state index contributed by atoms with van der Waals surface area (Å²) in [6.45, 7) is 2.04. The SMILES string of the molecule is CCCC(=O)CCc1cccc2cccnc12. The molecule has 2 aromatic rings. The minimum Gasteiger partial charge on any atom is -0.300 e. The molecule has 0 radical (unpaired) electrons. The van der Waals surface area contributed by atoms with Gasteiger partial charge >= 0.3 is 0 Å². The quantitative estimate of drug-likeness (QED) is 0.782. The lowest BCUT2D eigenvalue weighted by molar-refractivity contribution is -0.119. The largest absolute Gasteiger partial charge is 0.300 e. The number of carbonyl (C=O) groups is 1. The molecule has 0 atom stereocenters. The third kappa shape index (κ3) is 2.90. The molecule has 0 bridgehead atoms. The third-order valence-corrected chi connectivity index (χ3v) is 2.92. The number of pyridine rings is 1. The van der Waals surface area contributed by atoms with Crippen molar-refractivity contribution in [1.82, 2.24) is 4.98 Å². The number of hydrogen-bond acceptors (Lipinski definition) is 2. The summed E-state index contributed by atoms with van der Waals surface area (Å²) in [5, 5.41) is 1.15. The Balaban J connectivity index is 2.16. The summed E-state index contributed by atoms with van der Waals surface area (Å²) in [7, 11) is 0. The molecule has 2 rings (SSSR count). The maximum Gasteiger partial charge on any atom is 0.133 e. The first kappa shape index (κ1) is 11.8. The molecule has 2 nitrogen and oxygen atoms in total. The predicted molar refractivity (Wildman–Crippen MR) is 70.0 cm³/mol. The van der Waals surface area contributed by atoms with Crippen LogP contribution in [0.25, 0.3) is 10.9 Å². The monoisotopic (exact) mass is 227 g/mol. The fraction of sp³-hybridized carbons (Fsp3) is 0.333. The number of fused-ring (bicyclic) bond motifs is 1. The highest BCUT2D eigenvalue weighted by Crippen LogP contribution is 2.17. The van der Waals surface area contributed by atoms with Crippen molar-refractivity contribution in [2.75, 3.05) is 0 Å². The van der Waals surface area contributed by atoms with E-state index >= 15 is 0 Å². The molecule has 0 aliphatic carbocycles. The fourth-order valence-electron chi connectivity index (χ4n) is 2.05. The molecular weight excluding hydrogens is 210 g/mol. The lowest BCUT2D eigenvalue weighted by Crippen LogP contribution is -2.00. The van der Waals surface area contributed by atoms with Crippen LogP contribution in [0.4, 0.5) is 0 Å². The van der Waals surface area contributed by atoms with Crippen molar-refractivity contribution in [2.24, 2.45) is 0 Å². The predicted octanol–water partition coefficient (Wildman–Crippen LogP) is 3.54. The molecule has 88 valence electrons. The number of aromatic nitrogens is 1. The highest BCUT2D eigenvalue weighted by atomic mass is 16.1. The van der Waals surface area contributed by atoms with Gasteiger partial charge in [-0.05, 0) is 24.5 Å². The van der Waals surface area contributed by atoms with Crippen LogP contribution in [0.5, 0.6) is 0 Å². The Kier molecular flexibility index (Phi) is 3.86. The molecule has 0 saturated heterocycles. The van der Waals surface area contributed by atoms with Gasteiger partial charge in [-0.2, -0.15) is 0 Å². The van der Waals surface area contributed by atoms with Gasteiger partial charge in [0.2, 0.25) is 0 Å². The van der Waals surface area contributed by atoms with E-state index in [0.29, 0.717) is 18.6 Å². The first-order valence-electron chi connectivity index (χ1n) is 6.15. The van der Waals surface area contributed by atoms with Gasteiger partial charge in [0.15, 0.2) is 0 Å². The second kappa shape index (κ2) is 5.58. The number of aryl methyl sites for hydroxylation is 1. The Bertz CT molecular complexity index is 514. The van der Waals surface area contributed by atoms with Crippen LogP contribution < -0.4 is 0 Å². The smallest absolute Gasteiger partial charge is 0.133 e. The third-order valence-electron chi connectivity index (χ3n) is 2.92. The molecule has 0 N–H and O–H groups in total. The Hall–Kier alpha value is -1.70. The molecule has 0 amide bonds. The summed E-state index contributed by atoms with van der Waals surface area (Å²) >= 11 is 0. The number of ketones is 1. The lowest BCUT2D eigenvalue weighted by Gasteiger charge is -2.04. The summed E-state index contributed by atoms with van der Waals surface area (Å²) in [5.74, 6) is 0.348. The van der Waals surface area contributed by atoms with Crippen LogP contribution >= 0.6 is 0 Å². The minimum absolute atomic E-state index is 0.348. The van der Waals surface area contributed by atoms with Crippen LogP contribution in [-0.4, -0.2) is 10.8 Å². The molecule has 17 heavy (non-hydrogen) atoms. The normalized spacial score (nSPS) is 10.6. The van der Waals surface area contributed by atoms with Crippen LogP contribution in [0.3, 0.4) is 0 Å². The van der Waals surface area contributed by atoms with Crippen LogP contribution in [0.1, 0.15) is 31.7 Å². The maximum absolute atomic E-state index is 11.5. The van der Waals surface area contributed by atoms with Crippen LogP contribution in [-0.2, 0) is 11.2 Å². The molecule has 2 heteroatoms. The minimum atomic E-state index is 0.348. The summed E-state index contributed by atoms with van der Waals surface area (Å²) in [5.41, 5.74) is 2.20. The number of para-hydroxylation sites is 1. The average Bonchev–Trinajstić information content (AvgIpc) is 2.36. The number of rotatable bonds is 5. The molecular formula is C15H17NO. The Morgan fingerprint density at radius 2 is 2.00 bits per heavy atom. The Morgan fingerprint density at radius 3 is 2.82 bits per heavy atom. The number of carbonyl (C=O) groups excluding carboxylic acids is 1. The molecule has 1 aromatic carbocycles. The van der Waals surface area contributed by atoms with E-state index in [9.17, 15) is 4.79 Å². The van der Waals surface area contributed by atoms with Crippen molar-refractivity contribution < 1.29 is 4.79 Å². The van der Waals surface area contributed by atoms with Gasteiger partial charge in [0.05, 0.1) is 5.52 Å². The van der Waals surface area contributed by atoms with Crippen LogP contribution in [0.15, 0.2) is 36.5 Å². The molecule has 0 fully saturated rings. The first-order chi connectivity index (χ1) is 8.31. The second-order valence-corrected chi connectivity index (χ2v) is 4.28. The summed E-state index contributed by atoms with van der Waals surface area (Å²) < 4.78 is 0. The van der Waals surface area contributed by atoms with Crippen molar-refractivity contribution in [2.45, 2.75) is 32.6 Å². The molecule has 0 aliphatic heterocycles. The maximum atomic E-state index is 11.5. The Morgan fingerprint density at radius 1 is 1.18 bits per heavy atom. The van der Waals surface area contributed by atoms with E-state index in [1.165, 1.54) is 5.56 Å². The van der Waals surface area contributed by atoms with E-state index in [4.69, 9.17) is 0 Å². The second-order valence-electron chi connectivity index (χ2n) is 4.28. The van der Waals surface area contributed by atoms with Gasteiger partial charge in [-0.15, -0.1) is 0 Å². The van der Waals surface area contributed by atoms with Gasteiger partial charge in [-0.3, -0.25) is 9.78 Å². The molecule has 1 heterocycles. The van der Waals surface area contributed by atoms with Crippen LogP contribution in [0, 0.1) is 0 Å². The first-order valence-corrected chi connectivity index (χ1v) is 6.15. The van der Waals surface area contributed by atoms with E-state index < -0.39 is 0 Å². The summed E-state index contributed by atoms with van der Waals surface area (Å²) in [6, 6.07) is 10.1. The highest BCUT2D eigenvalue weighted by molar-refractivity contribution is 5.83. The van der Waals surface area contributed by atoms with Gasteiger partial charge in [-0.1, -0.05) is 31.2 Å². The van der Waals surface area contributed by atoms with Gasteiger partial charge in [0.1, 0.15) is 5.78 Å². The van der Waals surface area contributed by atoms with E-state index in [1.807, 2.05) is 19.1 Å². The van der Waals surface area contributed by atoms with Crippen molar-refractivity contribution in [3.63, 3.8) is 0 Å². The van der Waals surface area contributed by atoms with E-state index in [0.717, 1.165) is 23.7 Å². The van der Waals surface area contributed by atoms with E-state index in [-0.39, 0.29) is 0 Å². The number of Topliss-reactive ketones (excluding diaryl/α,β-unsaturated/α-hetero) is 1. The standard InChI is InChI=1S/C15H17NO/c1-2-5-14(17)10-9-13-7-3-6-12-8-4-11-16-15(12)13/h3-4,6-8,11H,2,5,9-10H2,1H3. The van der Waals surface area contributed by atoms with Gasteiger partial charge < -0.3 is 0 Å². The van der Waals surface area contributed by atoms with Crippen molar-refractivity contribution >= 4 is 16.7 Å². The molecule has 1 aromatic heterocycles. The van der Waals surface area contributed by atoms with Crippen LogP contribution in [0.2, 0.25) is 0 Å². The van der Waals surface area contributed by atoms with E-state index in [1.54, 1.807) is 6.20 Å². The van der Waals surface area contributed by atoms with Gasteiger partial charge in [0, 0.05) is 24.4 Å². The van der Waals surface area contributed by atoms with Gasteiger partial charge in [0.25, 0.3) is 0 Å². The fourth-order valence-corrected chi connectivity index (χ4v) is 2.05. The van der Waals surface area contributed by atoms with Crippen molar-refractivity contribution in [3.05, 3.63) is 42.1 Å². The van der Waals surface area contributed by atoms with E-state index in [2.05, 4.69) is 23.2 Å². The highest BCUT2D eigenvalue weighted by Gasteiger charge is 2.05. The molecule has 0 spiro atoms. The van der Waals surface area contributed by atoms with Crippen molar-refractivity contribution in [1.29, 1.82) is 0 Å². The van der Waals surface area contributed by atoms with Crippen molar-refractivity contribution in [3.8, 4) is 0 Å². The Labute approximate surface area is 102 Å². The topological polar surface area (TPSA) is 30.0 Å². The lowest BCUT2D eigenvalue weighted by atomic mass is 10.0. The number of hydrogen-bond donors (Lipinski definition) is 0. The zero-order valence-electron chi connectivity index (χ0n) is 10.1. The number of nitrogens with zero attached hydrogens (tertiary/aromatic N) is 1.